The minimum atomic E-state index is -0.540. The highest BCUT2D eigenvalue weighted by molar-refractivity contribution is 6.31. The van der Waals surface area contributed by atoms with Gasteiger partial charge >= 0.3 is 0 Å². The van der Waals surface area contributed by atoms with Crippen LogP contribution in [0.4, 0.5) is 10.1 Å². The number of nitrogens with zero attached hydrogens (tertiary/aromatic N) is 2. The van der Waals surface area contributed by atoms with E-state index in [9.17, 15) is 9.18 Å². The van der Waals surface area contributed by atoms with Gasteiger partial charge in [-0.3, -0.25) is 4.79 Å². The summed E-state index contributed by atoms with van der Waals surface area (Å²) >= 11 is 5.71. The van der Waals surface area contributed by atoms with E-state index in [0.717, 1.165) is 5.56 Å². The second-order valence-corrected chi connectivity index (χ2v) is 5.55. The number of hydrogen-bond acceptors (Lipinski definition) is 3. The topological polar surface area (TPSA) is 54.9 Å². The normalized spacial score (nSPS) is 10.5. The number of aryl methyl sites for hydroxylation is 1. The Morgan fingerprint density at radius 2 is 1.92 bits per heavy atom. The lowest BCUT2D eigenvalue weighted by Gasteiger charge is -2.09. The summed E-state index contributed by atoms with van der Waals surface area (Å²) in [5.74, 6) is -0.370. The van der Waals surface area contributed by atoms with Crippen LogP contribution in [0, 0.1) is 12.7 Å². The molecule has 1 aromatic heterocycles. The van der Waals surface area contributed by atoms with Gasteiger partial charge < -0.3 is 5.32 Å². The van der Waals surface area contributed by atoms with Crippen LogP contribution in [0.1, 0.15) is 16.1 Å². The van der Waals surface area contributed by atoms with Gasteiger partial charge in [-0.1, -0.05) is 41.9 Å². The van der Waals surface area contributed by atoms with Crippen LogP contribution >= 0.6 is 11.6 Å². The molecule has 6 heteroatoms. The highest BCUT2D eigenvalue weighted by Gasteiger charge is 2.13. The molecule has 4 nitrogen and oxygen atoms in total. The number of rotatable bonds is 3. The molecule has 3 rings (SSSR count). The molecule has 0 atom stereocenters. The Labute approximate surface area is 143 Å². The van der Waals surface area contributed by atoms with E-state index in [2.05, 4.69) is 15.3 Å². The van der Waals surface area contributed by atoms with E-state index in [1.165, 1.54) is 24.4 Å². The molecule has 1 N–H and O–H groups in total. The maximum atomic E-state index is 13.2. The monoisotopic (exact) mass is 341 g/mol. The van der Waals surface area contributed by atoms with E-state index in [4.69, 9.17) is 11.6 Å². The Bertz CT molecular complexity index is 900. The van der Waals surface area contributed by atoms with Gasteiger partial charge in [-0.15, -0.1) is 0 Å². The van der Waals surface area contributed by atoms with Gasteiger partial charge in [0.1, 0.15) is 5.82 Å². The van der Waals surface area contributed by atoms with Crippen molar-refractivity contribution in [3.8, 4) is 11.4 Å². The number of halogens is 2. The second-order valence-electron chi connectivity index (χ2n) is 5.14. The Balaban J connectivity index is 1.84. The molecule has 0 saturated carbocycles. The average Bonchev–Trinajstić information content (AvgIpc) is 2.59. The number of carbonyl (C=O) groups excluding carboxylic acids is 1. The molecule has 0 saturated heterocycles. The standard InChI is InChI=1S/C18H13ClFN3O/c1-11-14(10-21-17(22-11)12-5-3-2-4-6-12)18(24)23-13-7-8-16(20)15(19)9-13/h2-10H,1H3,(H,23,24). The number of anilines is 1. The smallest absolute Gasteiger partial charge is 0.259 e. The highest BCUT2D eigenvalue weighted by Crippen LogP contribution is 2.21. The Morgan fingerprint density at radius 3 is 2.58 bits per heavy atom. The van der Waals surface area contributed by atoms with E-state index in [-0.39, 0.29) is 10.9 Å². The van der Waals surface area contributed by atoms with Crippen LogP contribution in [0.25, 0.3) is 11.4 Å². The Morgan fingerprint density at radius 1 is 1.17 bits per heavy atom. The predicted octanol–water partition coefficient (Wildman–Crippen LogP) is 4.50. The molecule has 0 radical (unpaired) electrons. The summed E-state index contributed by atoms with van der Waals surface area (Å²) in [7, 11) is 0. The number of benzene rings is 2. The van der Waals surface area contributed by atoms with Gasteiger partial charge in [-0.2, -0.15) is 0 Å². The summed E-state index contributed by atoms with van der Waals surface area (Å²) in [6, 6.07) is 13.5. The summed E-state index contributed by atoms with van der Waals surface area (Å²) in [5, 5.41) is 2.60. The van der Waals surface area contributed by atoms with Crippen LogP contribution in [-0.4, -0.2) is 15.9 Å². The van der Waals surface area contributed by atoms with Gasteiger partial charge in [0.2, 0.25) is 0 Å². The fraction of sp³-hybridized carbons (Fsp3) is 0.0556. The van der Waals surface area contributed by atoms with Crippen molar-refractivity contribution in [2.24, 2.45) is 0 Å². The minimum absolute atomic E-state index is 0.0554. The van der Waals surface area contributed by atoms with Crippen LogP contribution in [0.3, 0.4) is 0 Å². The third-order valence-electron chi connectivity index (χ3n) is 3.43. The largest absolute Gasteiger partial charge is 0.322 e. The second kappa shape index (κ2) is 6.76. The summed E-state index contributed by atoms with van der Waals surface area (Å²) in [6.07, 6.45) is 1.48. The van der Waals surface area contributed by atoms with Crippen LogP contribution in [-0.2, 0) is 0 Å². The fourth-order valence-electron chi connectivity index (χ4n) is 2.19. The van der Waals surface area contributed by atoms with Crippen LogP contribution in [0.15, 0.2) is 54.7 Å². The first-order chi connectivity index (χ1) is 11.5. The van der Waals surface area contributed by atoms with E-state index >= 15 is 0 Å². The van der Waals surface area contributed by atoms with Crippen molar-refractivity contribution >= 4 is 23.2 Å². The van der Waals surface area contributed by atoms with Crippen molar-refractivity contribution in [2.75, 3.05) is 5.32 Å². The SMILES string of the molecule is Cc1nc(-c2ccccc2)ncc1C(=O)Nc1ccc(F)c(Cl)c1. The van der Waals surface area contributed by atoms with Crippen molar-refractivity contribution in [1.29, 1.82) is 0 Å². The van der Waals surface area contributed by atoms with Gasteiger partial charge in [-0.05, 0) is 25.1 Å². The maximum absolute atomic E-state index is 13.2. The summed E-state index contributed by atoms with van der Waals surface area (Å²) in [6.45, 7) is 1.74. The number of carbonyl (C=O) groups is 1. The zero-order valence-corrected chi connectivity index (χ0v) is 13.5. The lowest BCUT2D eigenvalue weighted by Crippen LogP contribution is -2.15. The fourth-order valence-corrected chi connectivity index (χ4v) is 2.37. The summed E-state index contributed by atoms with van der Waals surface area (Å²) in [5.41, 5.74) is 2.17. The van der Waals surface area contributed by atoms with Crippen LogP contribution in [0.2, 0.25) is 5.02 Å². The molecule has 0 aliphatic heterocycles. The van der Waals surface area contributed by atoms with Crippen molar-refractivity contribution < 1.29 is 9.18 Å². The van der Waals surface area contributed by atoms with Gasteiger partial charge in [0.25, 0.3) is 5.91 Å². The minimum Gasteiger partial charge on any atom is -0.322 e. The molecule has 24 heavy (non-hydrogen) atoms. The quantitative estimate of drug-likeness (QED) is 0.763. The molecule has 2 aromatic carbocycles. The van der Waals surface area contributed by atoms with Crippen molar-refractivity contribution in [1.82, 2.24) is 9.97 Å². The maximum Gasteiger partial charge on any atom is 0.259 e. The number of hydrogen-bond donors (Lipinski definition) is 1. The Kier molecular flexibility index (Phi) is 4.53. The van der Waals surface area contributed by atoms with Crippen molar-refractivity contribution in [2.45, 2.75) is 6.92 Å². The molecule has 1 amide bonds. The molecule has 0 aliphatic rings. The molecule has 120 valence electrons. The third-order valence-corrected chi connectivity index (χ3v) is 3.72. The zero-order chi connectivity index (χ0) is 17.1. The van der Waals surface area contributed by atoms with E-state index in [1.54, 1.807) is 6.92 Å². The zero-order valence-electron chi connectivity index (χ0n) is 12.8. The molecule has 3 aromatic rings. The summed E-state index contributed by atoms with van der Waals surface area (Å²) < 4.78 is 13.2. The predicted molar refractivity (Wildman–Crippen MR) is 91.6 cm³/mol. The molecule has 0 unspecified atom stereocenters. The molecular weight excluding hydrogens is 329 g/mol. The molecule has 1 heterocycles. The van der Waals surface area contributed by atoms with Crippen molar-refractivity contribution in [3.63, 3.8) is 0 Å². The number of nitrogens with one attached hydrogen (secondary N) is 1. The van der Waals surface area contributed by atoms with E-state index in [1.807, 2.05) is 30.3 Å². The first-order valence-corrected chi connectivity index (χ1v) is 7.58. The van der Waals surface area contributed by atoms with Crippen molar-refractivity contribution in [3.05, 3.63) is 76.8 Å². The van der Waals surface area contributed by atoms with E-state index in [0.29, 0.717) is 22.8 Å². The van der Waals surface area contributed by atoms with Gasteiger partial charge in [-0.25, -0.2) is 14.4 Å². The molecule has 0 fully saturated rings. The lowest BCUT2D eigenvalue weighted by atomic mass is 10.2. The number of aromatic nitrogens is 2. The molecule has 0 aliphatic carbocycles. The van der Waals surface area contributed by atoms with Gasteiger partial charge in [0.15, 0.2) is 5.82 Å². The van der Waals surface area contributed by atoms with Crippen LogP contribution < -0.4 is 5.32 Å². The van der Waals surface area contributed by atoms with Gasteiger partial charge in [0.05, 0.1) is 16.3 Å². The first-order valence-electron chi connectivity index (χ1n) is 7.20. The average molecular weight is 342 g/mol. The molecular formula is C18H13ClFN3O. The van der Waals surface area contributed by atoms with Crippen LogP contribution in [0.5, 0.6) is 0 Å². The lowest BCUT2D eigenvalue weighted by molar-refractivity contribution is 0.102. The number of amides is 1. The third kappa shape index (κ3) is 3.41. The van der Waals surface area contributed by atoms with E-state index < -0.39 is 5.82 Å². The van der Waals surface area contributed by atoms with Gasteiger partial charge in [0, 0.05) is 17.4 Å². The molecule has 0 bridgehead atoms. The summed E-state index contributed by atoms with van der Waals surface area (Å²) in [4.78, 5) is 21.0. The molecule has 0 spiro atoms. The Hall–Kier alpha value is -2.79. The first kappa shape index (κ1) is 16.1. The highest BCUT2D eigenvalue weighted by atomic mass is 35.5.